The lowest BCUT2D eigenvalue weighted by molar-refractivity contribution is 0.0509. The predicted molar refractivity (Wildman–Crippen MR) is 146 cm³/mol. The van der Waals surface area contributed by atoms with Gasteiger partial charge >= 0.3 is 0 Å². The van der Waals surface area contributed by atoms with Crippen LogP contribution in [0.5, 0.6) is 5.75 Å². The van der Waals surface area contributed by atoms with Crippen molar-refractivity contribution in [2.24, 2.45) is 5.41 Å². The number of hydrazine groups is 1. The van der Waals surface area contributed by atoms with E-state index in [-0.39, 0.29) is 17.2 Å². The molecule has 0 spiro atoms. The fourth-order valence-electron chi connectivity index (χ4n) is 3.91. The second kappa shape index (κ2) is 14.6. The van der Waals surface area contributed by atoms with Crippen molar-refractivity contribution in [2.75, 3.05) is 20.2 Å². The largest absolute Gasteiger partial charge is 0.496 e. The summed E-state index contributed by atoms with van der Waals surface area (Å²) in [6.07, 6.45) is 2.67. The first-order valence-electron chi connectivity index (χ1n) is 12.6. The molecule has 0 aliphatic rings. The quantitative estimate of drug-likeness (QED) is 0.316. The van der Waals surface area contributed by atoms with Crippen LogP contribution in [0.15, 0.2) is 30.3 Å². The number of hydroxylamine groups is 1. The molecule has 0 fully saturated rings. The number of carbonyl (C=O) groups is 2. The van der Waals surface area contributed by atoms with Crippen LogP contribution < -0.4 is 15.6 Å². The lowest BCUT2D eigenvalue weighted by Gasteiger charge is -2.30. The normalized spacial score (nSPS) is 10.8. The Morgan fingerprint density at radius 3 is 2.11 bits per heavy atom. The second-order valence-electron chi connectivity index (χ2n) is 10.4. The van der Waals surface area contributed by atoms with E-state index in [1.165, 1.54) is 11.4 Å². The molecule has 0 heterocycles. The highest BCUT2D eigenvalue weighted by Gasteiger charge is 2.26. The molecule has 3 N–H and O–H groups in total. The summed E-state index contributed by atoms with van der Waals surface area (Å²) in [6.45, 7) is 16.9. The Labute approximate surface area is 217 Å². The molecule has 0 aliphatic heterocycles. The number of amides is 2. The minimum atomic E-state index is -0.364. The summed E-state index contributed by atoms with van der Waals surface area (Å²) in [5.41, 5.74) is 9.40. The van der Waals surface area contributed by atoms with Crippen LogP contribution in [-0.2, 0) is 6.42 Å². The average molecular weight is 500 g/mol. The summed E-state index contributed by atoms with van der Waals surface area (Å²) < 4.78 is 5.58. The Hall–Kier alpha value is -2.90. The van der Waals surface area contributed by atoms with E-state index < -0.39 is 0 Å². The highest BCUT2D eigenvalue weighted by molar-refractivity contribution is 6.00. The third-order valence-corrected chi connectivity index (χ3v) is 5.25. The molecule has 7 nitrogen and oxygen atoms in total. The molecule has 7 heteroatoms. The van der Waals surface area contributed by atoms with E-state index in [0.29, 0.717) is 42.0 Å². The zero-order chi connectivity index (χ0) is 27.5. The van der Waals surface area contributed by atoms with Crippen molar-refractivity contribution in [1.82, 2.24) is 15.9 Å². The van der Waals surface area contributed by atoms with Crippen molar-refractivity contribution in [3.8, 4) is 5.75 Å². The standard InChI is InChI=1S/C26H37N3O4.C3H8/c1-17-13-18(2)15-21(14-17)25(31)29(16-26(4,5)6)28-24(30)22-11-10-20(9-8-12-27-32)23(33-7)19(22)3;1-3-2/h10-11,13-15,27,32H,8-9,12,16H2,1-7H3,(H,28,30);3H2,1-2H3. The Bertz CT molecular complexity index is 992. The van der Waals surface area contributed by atoms with E-state index in [0.717, 1.165) is 23.1 Å². The maximum absolute atomic E-state index is 13.4. The molecule has 2 rings (SSSR count). The minimum absolute atomic E-state index is 0.223. The molecule has 0 saturated carbocycles. The summed E-state index contributed by atoms with van der Waals surface area (Å²) in [7, 11) is 1.58. The van der Waals surface area contributed by atoms with Crippen molar-refractivity contribution < 1.29 is 19.5 Å². The summed E-state index contributed by atoms with van der Waals surface area (Å²) in [5.74, 6) is 0.0303. The van der Waals surface area contributed by atoms with Gasteiger partial charge < -0.3 is 9.94 Å². The fraction of sp³-hybridized carbons (Fsp3) is 0.517. The van der Waals surface area contributed by atoms with E-state index in [2.05, 4.69) is 24.8 Å². The van der Waals surface area contributed by atoms with E-state index in [1.54, 1.807) is 13.2 Å². The third-order valence-electron chi connectivity index (χ3n) is 5.25. The van der Waals surface area contributed by atoms with Gasteiger partial charge in [-0.2, -0.15) is 0 Å². The van der Waals surface area contributed by atoms with Crippen molar-refractivity contribution in [3.05, 3.63) is 63.7 Å². The van der Waals surface area contributed by atoms with Gasteiger partial charge in [0.2, 0.25) is 0 Å². The van der Waals surface area contributed by atoms with Crippen molar-refractivity contribution >= 4 is 11.8 Å². The van der Waals surface area contributed by atoms with E-state index >= 15 is 0 Å². The zero-order valence-corrected chi connectivity index (χ0v) is 23.5. The first kappa shape index (κ1) is 31.1. The molecule has 0 aliphatic carbocycles. The smallest absolute Gasteiger partial charge is 0.272 e. The van der Waals surface area contributed by atoms with Gasteiger partial charge in [-0.3, -0.25) is 15.0 Å². The summed E-state index contributed by atoms with van der Waals surface area (Å²) >= 11 is 0. The molecule has 0 saturated heterocycles. The number of benzene rings is 2. The van der Waals surface area contributed by atoms with Gasteiger partial charge in [0, 0.05) is 29.8 Å². The van der Waals surface area contributed by atoms with Crippen molar-refractivity contribution in [2.45, 2.75) is 74.7 Å². The average Bonchev–Trinajstić information content (AvgIpc) is 2.77. The minimum Gasteiger partial charge on any atom is -0.496 e. The van der Waals surface area contributed by atoms with Gasteiger partial charge in [-0.1, -0.05) is 64.3 Å². The molecule has 2 aromatic rings. The Morgan fingerprint density at radius 2 is 1.61 bits per heavy atom. The number of hydrogen-bond acceptors (Lipinski definition) is 5. The number of rotatable bonds is 8. The van der Waals surface area contributed by atoms with Crippen LogP contribution in [0.1, 0.15) is 90.4 Å². The molecular weight excluding hydrogens is 454 g/mol. The molecule has 2 amide bonds. The topological polar surface area (TPSA) is 90.9 Å². The molecule has 0 aromatic heterocycles. The van der Waals surface area contributed by atoms with Crippen LogP contribution in [0, 0.1) is 26.2 Å². The van der Waals surface area contributed by atoms with Crippen LogP contribution >= 0.6 is 0 Å². The highest BCUT2D eigenvalue weighted by atomic mass is 16.5. The van der Waals surface area contributed by atoms with Gasteiger partial charge in [-0.05, 0) is 62.8 Å². The summed E-state index contributed by atoms with van der Waals surface area (Å²) in [6, 6.07) is 9.30. The van der Waals surface area contributed by atoms with Crippen molar-refractivity contribution in [1.29, 1.82) is 0 Å². The van der Waals surface area contributed by atoms with Crippen LogP contribution in [-0.4, -0.2) is 42.2 Å². The van der Waals surface area contributed by atoms with Gasteiger partial charge in [-0.15, -0.1) is 0 Å². The first-order chi connectivity index (χ1) is 16.9. The van der Waals surface area contributed by atoms with E-state index in [9.17, 15) is 9.59 Å². The molecule has 0 bridgehead atoms. The lowest BCUT2D eigenvalue weighted by Crippen LogP contribution is -2.49. The van der Waals surface area contributed by atoms with E-state index in [1.807, 2.05) is 65.8 Å². The number of aryl methyl sites for hydroxylation is 3. The number of nitrogens with zero attached hydrogens (tertiary/aromatic N) is 1. The van der Waals surface area contributed by atoms with E-state index in [4.69, 9.17) is 9.94 Å². The molecular formula is C29H45N3O4. The molecule has 0 radical (unpaired) electrons. The molecule has 2 aromatic carbocycles. The number of methoxy groups -OCH3 is 1. The Balaban J connectivity index is 0.00000205. The van der Waals surface area contributed by atoms with Gasteiger partial charge in [0.15, 0.2) is 0 Å². The fourth-order valence-corrected chi connectivity index (χ4v) is 3.91. The predicted octanol–water partition coefficient (Wildman–Crippen LogP) is 5.78. The molecule has 36 heavy (non-hydrogen) atoms. The number of carbonyl (C=O) groups excluding carboxylic acids is 2. The van der Waals surface area contributed by atoms with Crippen molar-refractivity contribution in [3.63, 3.8) is 0 Å². The monoisotopic (exact) mass is 499 g/mol. The number of hydrogen-bond donors (Lipinski definition) is 3. The first-order valence-corrected chi connectivity index (χ1v) is 12.6. The lowest BCUT2D eigenvalue weighted by atomic mass is 9.96. The van der Waals surface area contributed by atoms with Crippen LogP contribution in [0.2, 0.25) is 0 Å². The second-order valence-corrected chi connectivity index (χ2v) is 10.4. The van der Waals surface area contributed by atoms with Gasteiger partial charge in [-0.25, -0.2) is 10.5 Å². The SMILES string of the molecule is CCC.COc1c(CCCNO)ccc(C(=O)NN(CC(C)(C)C)C(=O)c2cc(C)cc(C)c2)c1C. The number of nitrogens with one attached hydrogen (secondary N) is 2. The third kappa shape index (κ3) is 9.63. The van der Waals surface area contributed by atoms with Gasteiger partial charge in [0.05, 0.1) is 7.11 Å². The number of ether oxygens (including phenoxy) is 1. The summed E-state index contributed by atoms with van der Waals surface area (Å²) in [4.78, 5) is 26.6. The summed E-state index contributed by atoms with van der Waals surface area (Å²) in [5, 5.41) is 10.2. The highest BCUT2D eigenvalue weighted by Crippen LogP contribution is 2.28. The maximum Gasteiger partial charge on any atom is 0.272 e. The molecule has 0 atom stereocenters. The zero-order valence-electron chi connectivity index (χ0n) is 23.5. The molecule has 0 unspecified atom stereocenters. The van der Waals surface area contributed by atoms with Gasteiger partial charge in [0.25, 0.3) is 11.8 Å². The van der Waals surface area contributed by atoms with Gasteiger partial charge in [0.1, 0.15) is 5.75 Å². The van der Waals surface area contributed by atoms with Crippen LogP contribution in [0.25, 0.3) is 0 Å². The molecule has 200 valence electrons. The Morgan fingerprint density at radius 1 is 1.03 bits per heavy atom. The van der Waals surface area contributed by atoms with Crippen LogP contribution in [0.3, 0.4) is 0 Å². The Kier molecular flexibility index (Phi) is 12.6. The maximum atomic E-state index is 13.4. The van der Waals surface area contributed by atoms with Crippen LogP contribution in [0.4, 0.5) is 0 Å².